The van der Waals surface area contributed by atoms with E-state index in [0.717, 1.165) is 18.8 Å². The molecule has 3 heterocycles. The molecular weight excluding hydrogens is 288 g/mol. The van der Waals surface area contributed by atoms with Gasteiger partial charge >= 0.3 is 0 Å². The number of nitrogens with zero attached hydrogens (tertiary/aromatic N) is 3. The monoisotopic (exact) mass is 318 g/mol. The minimum atomic E-state index is -0.198. The lowest BCUT2D eigenvalue weighted by molar-refractivity contribution is -0.124. The highest BCUT2D eigenvalue weighted by atomic mass is 16.2. The molecule has 0 bridgehead atoms. The molecule has 0 spiro atoms. The van der Waals surface area contributed by atoms with Gasteiger partial charge in [0, 0.05) is 30.4 Å². The normalized spacial score (nSPS) is 21.6. The molecule has 0 aliphatic carbocycles. The Hall–Kier alpha value is -1.36. The molecule has 5 heteroatoms. The van der Waals surface area contributed by atoms with Gasteiger partial charge in [-0.05, 0) is 52.1 Å². The summed E-state index contributed by atoms with van der Waals surface area (Å²) in [5, 5.41) is 3.16. The molecule has 5 nitrogen and oxygen atoms in total. The Labute approximate surface area is 139 Å². The molecule has 3 rings (SSSR count). The van der Waals surface area contributed by atoms with Crippen LogP contribution < -0.4 is 5.32 Å². The summed E-state index contributed by atoms with van der Waals surface area (Å²) in [4.78, 5) is 19.5. The van der Waals surface area contributed by atoms with Crippen LogP contribution in [0, 0.1) is 0 Å². The zero-order valence-corrected chi connectivity index (χ0v) is 14.7. The van der Waals surface area contributed by atoms with Gasteiger partial charge in [0.1, 0.15) is 11.9 Å². The van der Waals surface area contributed by atoms with Gasteiger partial charge in [0.15, 0.2) is 0 Å². The van der Waals surface area contributed by atoms with E-state index in [2.05, 4.69) is 29.0 Å². The van der Waals surface area contributed by atoms with Crippen LogP contribution >= 0.6 is 0 Å². The lowest BCUT2D eigenvalue weighted by Gasteiger charge is -2.32. The molecular formula is C18H30N4O. The number of nitrogens with one attached hydrogen (secondary N) is 1. The first-order chi connectivity index (χ1) is 11.0. The van der Waals surface area contributed by atoms with Crippen LogP contribution in [-0.4, -0.2) is 45.5 Å². The topological polar surface area (TPSA) is 50.2 Å². The predicted octanol–water partition coefficient (Wildman–Crippen LogP) is 2.70. The first-order valence-electron chi connectivity index (χ1n) is 9.09. The van der Waals surface area contributed by atoms with Crippen molar-refractivity contribution in [3.63, 3.8) is 0 Å². The maximum absolute atomic E-state index is 12.5. The van der Waals surface area contributed by atoms with Gasteiger partial charge in [0.05, 0.1) is 0 Å². The average molecular weight is 318 g/mol. The number of imidazole rings is 1. The lowest BCUT2D eigenvalue weighted by atomic mass is 9.90. The van der Waals surface area contributed by atoms with E-state index in [-0.39, 0.29) is 11.9 Å². The number of fused-ring (bicyclic) bond motifs is 1. The number of carbonyl (C=O) groups is 1. The van der Waals surface area contributed by atoms with Gasteiger partial charge in [0.25, 0.3) is 0 Å². The molecule has 2 saturated heterocycles. The Morgan fingerprint density at radius 2 is 2.00 bits per heavy atom. The Kier molecular flexibility index (Phi) is 4.76. The summed E-state index contributed by atoms with van der Waals surface area (Å²) in [6.07, 6.45) is 10.0. The second-order valence-corrected chi connectivity index (χ2v) is 7.48. The van der Waals surface area contributed by atoms with Crippen molar-refractivity contribution >= 4 is 5.91 Å². The first-order valence-corrected chi connectivity index (χ1v) is 9.09. The zero-order valence-electron chi connectivity index (χ0n) is 14.7. The lowest BCUT2D eigenvalue weighted by Crippen LogP contribution is -2.42. The van der Waals surface area contributed by atoms with Gasteiger partial charge < -0.3 is 9.88 Å². The van der Waals surface area contributed by atoms with Gasteiger partial charge in [-0.3, -0.25) is 9.69 Å². The van der Waals surface area contributed by atoms with Crippen molar-refractivity contribution in [2.45, 2.75) is 70.4 Å². The number of rotatable bonds is 6. The molecule has 0 radical (unpaired) electrons. The fourth-order valence-electron chi connectivity index (χ4n) is 4.43. The second kappa shape index (κ2) is 6.63. The second-order valence-electron chi connectivity index (χ2n) is 7.48. The molecule has 0 saturated carbocycles. The summed E-state index contributed by atoms with van der Waals surface area (Å²) in [6.45, 7) is 9.45. The number of carbonyl (C=O) groups excluding carboxylic acids is 1. The van der Waals surface area contributed by atoms with Crippen molar-refractivity contribution in [2.24, 2.45) is 0 Å². The molecule has 2 aliphatic heterocycles. The van der Waals surface area contributed by atoms with Crippen molar-refractivity contribution < 1.29 is 4.79 Å². The molecule has 1 atom stereocenters. The van der Waals surface area contributed by atoms with Gasteiger partial charge in [-0.25, -0.2) is 4.98 Å². The van der Waals surface area contributed by atoms with Crippen molar-refractivity contribution in [3.8, 4) is 0 Å². The van der Waals surface area contributed by atoms with E-state index >= 15 is 0 Å². The highest BCUT2D eigenvalue weighted by Gasteiger charge is 2.43. The SMILES string of the molecule is CC(C)c1nccn1[C@H](C)C(=O)NCCC12CCCN1CCC2. The van der Waals surface area contributed by atoms with Gasteiger partial charge in [0.2, 0.25) is 5.91 Å². The standard InChI is InChI=1S/C18H30N4O/c1-14(2)16-19-10-13-22(16)15(3)17(23)20-9-8-18-6-4-11-21(18)12-5-7-18/h10,13-15H,4-9,11-12H2,1-3H3,(H,20,23)/t15-/m1/s1. The van der Waals surface area contributed by atoms with Crippen LogP contribution in [0.25, 0.3) is 0 Å². The summed E-state index contributed by atoms with van der Waals surface area (Å²) in [5.41, 5.74) is 0.384. The Morgan fingerprint density at radius 3 is 2.65 bits per heavy atom. The third kappa shape index (κ3) is 3.16. The third-order valence-electron chi connectivity index (χ3n) is 5.71. The fourth-order valence-corrected chi connectivity index (χ4v) is 4.43. The largest absolute Gasteiger partial charge is 0.354 e. The Balaban J connectivity index is 1.54. The fraction of sp³-hybridized carbons (Fsp3) is 0.778. The summed E-state index contributed by atoms with van der Waals surface area (Å²) in [5.74, 6) is 1.40. The van der Waals surface area contributed by atoms with E-state index in [9.17, 15) is 4.79 Å². The molecule has 128 valence electrons. The average Bonchev–Trinajstić information content (AvgIpc) is 3.20. The van der Waals surface area contributed by atoms with Crippen molar-refractivity contribution in [1.82, 2.24) is 19.8 Å². The molecule has 1 aromatic rings. The highest BCUT2D eigenvalue weighted by Crippen LogP contribution is 2.40. The Bertz CT molecular complexity index is 541. The van der Waals surface area contributed by atoms with Crippen LogP contribution in [0.5, 0.6) is 0 Å². The van der Waals surface area contributed by atoms with Crippen LogP contribution in [-0.2, 0) is 4.79 Å². The maximum atomic E-state index is 12.5. The first kappa shape index (κ1) is 16.5. The van der Waals surface area contributed by atoms with Crippen LogP contribution in [0.2, 0.25) is 0 Å². The van der Waals surface area contributed by atoms with Gasteiger partial charge in [-0.2, -0.15) is 0 Å². The molecule has 0 unspecified atom stereocenters. The van der Waals surface area contributed by atoms with Crippen molar-refractivity contribution in [2.75, 3.05) is 19.6 Å². The molecule has 2 fully saturated rings. The summed E-state index contributed by atoms with van der Waals surface area (Å²) < 4.78 is 2.00. The smallest absolute Gasteiger partial charge is 0.242 e. The number of amides is 1. The van der Waals surface area contributed by atoms with Crippen LogP contribution in [0.4, 0.5) is 0 Å². The van der Waals surface area contributed by atoms with E-state index < -0.39 is 0 Å². The van der Waals surface area contributed by atoms with E-state index in [0.29, 0.717) is 11.5 Å². The predicted molar refractivity (Wildman–Crippen MR) is 91.4 cm³/mol. The van der Waals surface area contributed by atoms with Crippen LogP contribution in [0.15, 0.2) is 12.4 Å². The molecule has 1 aromatic heterocycles. The number of hydrogen-bond donors (Lipinski definition) is 1. The van der Waals surface area contributed by atoms with Gasteiger partial charge in [-0.15, -0.1) is 0 Å². The van der Waals surface area contributed by atoms with E-state index in [1.165, 1.54) is 38.8 Å². The summed E-state index contributed by atoms with van der Waals surface area (Å²) in [6, 6.07) is -0.198. The summed E-state index contributed by atoms with van der Waals surface area (Å²) >= 11 is 0. The molecule has 2 aliphatic rings. The summed E-state index contributed by atoms with van der Waals surface area (Å²) in [7, 11) is 0. The number of hydrogen-bond acceptors (Lipinski definition) is 3. The number of aromatic nitrogens is 2. The van der Waals surface area contributed by atoms with Gasteiger partial charge in [-0.1, -0.05) is 13.8 Å². The van der Waals surface area contributed by atoms with Crippen molar-refractivity contribution in [1.29, 1.82) is 0 Å². The van der Waals surface area contributed by atoms with E-state index in [1.54, 1.807) is 6.20 Å². The molecule has 1 N–H and O–H groups in total. The Morgan fingerprint density at radius 1 is 1.30 bits per heavy atom. The van der Waals surface area contributed by atoms with Crippen molar-refractivity contribution in [3.05, 3.63) is 18.2 Å². The minimum absolute atomic E-state index is 0.101. The third-order valence-corrected chi connectivity index (χ3v) is 5.71. The van der Waals surface area contributed by atoms with E-state index in [4.69, 9.17) is 0 Å². The maximum Gasteiger partial charge on any atom is 0.242 e. The molecule has 23 heavy (non-hydrogen) atoms. The minimum Gasteiger partial charge on any atom is -0.354 e. The van der Waals surface area contributed by atoms with Crippen LogP contribution in [0.1, 0.15) is 70.7 Å². The molecule has 1 amide bonds. The quantitative estimate of drug-likeness (QED) is 0.877. The zero-order chi connectivity index (χ0) is 16.4. The van der Waals surface area contributed by atoms with Crippen LogP contribution in [0.3, 0.4) is 0 Å². The highest BCUT2D eigenvalue weighted by molar-refractivity contribution is 5.79. The van der Waals surface area contributed by atoms with E-state index in [1.807, 2.05) is 17.7 Å². The molecule has 0 aromatic carbocycles.